The molecule has 108 valence electrons. The Balaban J connectivity index is 1.66. The predicted molar refractivity (Wildman–Crippen MR) is 78.0 cm³/mol. The number of hydrogen-bond donors (Lipinski definition) is 1. The Kier molecular flexibility index (Phi) is 4.27. The molecular weight excluding hydrogens is 288 g/mol. The van der Waals surface area contributed by atoms with Crippen LogP contribution in [0.4, 0.5) is 0 Å². The van der Waals surface area contributed by atoms with Crippen molar-refractivity contribution >= 4 is 11.8 Å². The van der Waals surface area contributed by atoms with Crippen LogP contribution in [0.15, 0.2) is 47.8 Å². The molecule has 0 amide bonds. The van der Waals surface area contributed by atoms with E-state index in [0.29, 0.717) is 17.5 Å². The van der Waals surface area contributed by atoms with Gasteiger partial charge in [0.05, 0.1) is 24.5 Å². The van der Waals surface area contributed by atoms with E-state index in [1.165, 1.54) is 11.8 Å². The maximum Gasteiger partial charge on any atom is 0.209 e. The van der Waals surface area contributed by atoms with Crippen LogP contribution in [0.1, 0.15) is 5.69 Å². The molecule has 0 bridgehead atoms. The van der Waals surface area contributed by atoms with E-state index in [-0.39, 0.29) is 6.61 Å². The number of hydrogen-bond acceptors (Lipinski definition) is 6. The molecule has 2 heterocycles. The summed E-state index contributed by atoms with van der Waals surface area (Å²) in [6.45, 7) is 0.412. The molecule has 0 aliphatic rings. The van der Waals surface area contributed by atoms with E-state index in [1.807, 2.05) is 47.3 Å². The summed E-state index contributed by atoms with van der Waals surface area (Å²) in [5.74, 6) is 0.672. The van der Waals surface area contributed by atoms with Crippen LogP contribution < -0.4 is 0 Å². The van der Waals surface area contributed by atoms with Gasteiger partial charge in [0.1, 0.15) is 0 Å². The first-order valence-corrected chi connectivity index (χ1v) is 7.45. The minimum Gasteiger partial charge on any atom is -0.394 e. The van der Waals surface area contributed by atoms with Crippen molar-refractivity contribution in [1.82, 2.24) is 30.0 Å². The largest absolute Gasteiger partial charge is 0.394 e. The molecule has 7 nitrogen and oxygen atoms in total. The number of aromatic nitrogens is 6. The van der Waals surface area contributed by atoms with Gasteiger partial charge in [0, 0.05) is 11.9 Å². The van der Waals surface area contributed by atoms with Gasteiger partial charge < -0.3 is 5.11 Å². The standard InChI is InChI=1S/C13H14N6OS/c20-9-8-19-13(14-16-17-19)21-10-11-6-7-18(15-11)12-4-2-1-3-5-12/h1-7,20H,8-10H2. The van der Waals surface area contributed by atoms with E-state index in [1.54, 1.807) is 4.68 Å². The second kappa shape index (κ2) is 6.51. The molecule has 0 atom stereocenters. The van der Waals surface area contributed by atoms with Gasteiger partial charge in [-0.3, -0.25) is 0 Å². The Morgan fingerprint density at radius 3 is 2.81 bits per heavy atom. The number of para-hydroxylation sites is 1. The summed E-state index contributed by atoms with van der Waals surface area (Å²) in [6, 6.07) is 11.9. The molecule has 2 aromatic heterocycles. The number of aliphatic hydroxyl groups excluding tert-OH is 1. The quantitative estimate of drug-likeness (QED) is 0.688. The predicted octanol–water partition coefficient (Wildman–Crippen LogP) is 1.14. The van der Waals surface area contributed by atoms with Gasteiger partial charge in [-0.25, -0.2) is 9.36 Å². The third-order valence-corrected chi connectivity index (χ3v) is 3.82. The molecule has 1 aromatic carbocycles. The minimum absolute atomic E-state index is 0.0151. The average molecular weight is 302 g/mol. The molecule has 0 saturated carbocycles. The van der Waals surface area contributed by atoms with Gasteiger partial charge in [-0.1, -0.05) is 30.0 Å². The molecule has 3 rings (SSSR count). The van der Waals surface area contributed by atoms with Crippen LogP contribution in [0.2, 0.25) is 0 Å². The van der Waals surface area contributed by atoms with Gasteiger partial charge in [-0.2, -0.15) is 5.10 Å². The summed E-state index contributed by atoms with van der Waals surface area (Å²) < 4.78 is 3.42. The number of aliphatic hydroxyl groups is 1. The number of benzene rings is 1. The van der Waals surface area contributed by atoms with Crippen LogP contribution in [0.5, 0.6) is 0 Å². The molecule has 8 heteroatoms. The van der Waals surface area contributed by atoms with Crippen molar-refractivity contribution < 1.29 is 5.11 Å². The Labute approximate surface area is 125 Å². The fraction of sp³-hybridized carbons (Fsp3) is 0.231. The molecule has 0 spiro atoms. The lowest BCUT2D eigenvalue weighted by atomic mass is 10.3. The highest BCUT2D eigenvalue weighted by molar-refractivity contribution is 7.98. The van der Waals surface area contributed by atoms with Crippen molar-refractivity contribution in [3.05, 3.63) is 48.3 Å². The van der Waals surface area contributed by atoms with Crippen molar-refractivity contribution in [2.24, 2.45) is 0 Å². The fourth-order valence-corrected chi connectivity index (χ4v) is 2.64. The van der Waals surface area contributed by atoms with Crippen LogP contribution in [0.3, 0.4) is 0 Å². The van der Waals surface area contributed by atoms with Gasteiger partial charge in [0.15, 0.2) is 0 Å². The summed E-state index contributed by atoms with van der Waals surface area (Å²) in [4.78, 5) is 0. The maximum atomic E-state index is 8.94. The van der Waals surface area contributed by atoms with Crippen molar-refractivity contribution in [3.8, 4) is 5.69 Å². The number of tetrazole rings is 1. The highest BCUT2D eigenvalue weighted by Crippen LogP contribution is 2.19. The first-order valence-electron chi connectivity index (χ1n) is 6.46. The van der Waals surface area contributed by atoms with E-state index >= 15 is 0 Å². The summed E-state index contributed by atoms with van der Waals surface area (Å²) >= 11 is 1.50. The summed E-state index contributed by atoms with van der Waals surface area (Å²) in [6.07, 6.45) is 1.93. The first kappa shape index (κ1) is 13.8. The Morgan fingerprint density at radius 1 is 1.14 bits per heavy atom. The van der Waals surface area contributed by atoms with E-state index in [9.17, 15) is 0 Å². The Hall–Kier alpha value is -2.19. The number of thioether (sulfide) groups is 1. The maximum absolute atomic E-state index is 8.94. The third kappa shape index (κ3) is 3.29. The zero-order valence-electron chi connectivity index (χ0n) is 11.2. The Morgan fingerprint density at radius 2 is 2.00 bits per heavy atom. The van der Waals surface area contributed by atoms with Crippen LogP contribution in [0, 0.1) is 0 Å². The van der Waals surface area contributed by atoms with Crippen molar-refractivity contribution in [3.63, 3.8) is 0 Å². The smallest absolute Gasteiger partial charge is 0.209 e. The lowest BCUT2D eigenvalue weighted by Gasteiger charge is -2.01. The molecule has 3 aromatic rings. The second-order valence-electron chi connectivity index (χ2n) is 4.28. The van der Waals surface area contributed by atoms with E-state index in [2.05, 4.69) is 20.6 Å². The van der Waals surface area contributed by atoms with E-state index in [4.69, 9.17) is 5.11 Å². The van der Waals surface area contributed by atoms with Crippen LogP contribution in [-0.2, 0) is 12.3 Å². The molecule has 0 aliphatic carbocycles. The minimum atomic E-state index is 0.0151. The lowest BCUT2D eigenvalue weighted by molar-refractivity contribution is 0.262. The zero-order valence-corrected chi connectivity index (χ0v) is 12.0. The number of rotatable bonds is 6. The molecule has 0 unspecified atom stereocenters. The normalized spacial score (nSPS) is 10.9. The topological polar surface area (TPSA) is 81.6 Å². The molecule has 0 radical (unpaired) electrons. The molecular formula is C13H14N6OS. The van der Waals surface area contributed by atoms with Crippen molar-refractivity contribution in [1.29, 1.82) is 0 Å². The summed E-state index contributed by atoms with van der Waals surface area (Å²) in [7, 11) is 0. The molecule has 0 aliphatic heterocycles. The van der Waals surface area contributed by atoms with Crippen molar-refractivity contribution in [2.45, 2.75) is 17.5 Å². The summed E-state index contributed by atoms with van der Waals surface area (Å²) in [5, 5.41) is 25.5. The highest BCUT2D eigenvalue weighted by Gasteiger charge is 2.08. The van der Waals surface area contributed by atoms with Crippen LogP contribution in [-0.4, -0.2) is 41.7 Å². The fourth-order valence-electron chi connectivity index (χ4n) is 1.84. The Bertz CT molecular complexity index is 696. The molecule has 1 N–H and O–H groups in total. The van der Waals surface area contributed by atoms with E-state index in [0.717, 1.165) is 11.4 Å². The first-order chi connectivity index (χ1) is 10.4. The van der Waals surface area contributed by atoms with Gasteiger partial charge in [-0.05, 0) is 28.6 Å². The van der Waals surface area contributed by atoms with Gasteiger partial charge in [-0.15, -0.1) is 5.10 Å². The highest BCUT2D eigenvalue weighted by atomic mass is 32.2. The van der Waals surface area contributed by atoms with Gasteiger partial charge in [0.25, 0.3) is 0 Å². The number of nitrogens with zero attached hydrogens (tertiary/aromatic N) is 6. The van der Waals surface area contributed by atoms with Crippen molar-refractivity contribution in [2.75, 3.05) is 6.61 Å². The van der Waals surface area contributed by atoms with Crippen LogP contribution >= 0.6 is 11.8 Å². The lowest BCUT2D eigenvalue weighted by Crippen LogP contribution is -2.05. The SMILES string of the molecule is OCCn1nnnc1SCc1ccn(-c2ccccc2)n1. The average Bonchev–Trinajstić information content (AvgIpc) is 3.16. The molecule has 0 fully saturated rings. The zero-order chi connectivity index (χ0) is 14.5. The van der Waals surface area contributed by atoms with Gasteiger partial charge >= 0.3 is 0 Å². The second-order valence-corrected chi connectivity index (χ2v) is 5.23. The van der Waals surface area contributed by atoms with E-state index < -0.39 is 0 Å². The van der Waals surface area contributed by atoms with Gasteiger partial charge in [0.2, 0.25) is 5.16 Å². The molecule has 0 saturated heterocycles. The molecule has 21 heavy (non-hydrogen) atoms. The van der Waals surface area contributed by atoms with Crippen LogP contribution in [0.25, 0.3) is 5.69 Å². The monoisotopic (exact) mass is 302 g/mol. The third-order valence-electron chi connectivity index (χ3n) is 2.83. The summed E-state index contributed by atoms with van der Waals surface area (Å²) in [5.41, 5.74) is 1.97.